The third kappa shape index (κ3) is 3.28. The summed E-state index contributed by atoms with van der Waals surface area (Å²) in [5.41, 5.74) is 2.98. The van der Waals surface area contributed by atoms with E-state index in [1.807, 2.05) is 49.0 Å². The first-order valence-electron chi connectivity index (χ1n) is 7.48. The van der Waals surface area contributed by atoms with E-state index in [1.54, 1.807) is 0 Å². The number of fused-ring (bicyclic) bond motifs is 1. The molecule has 3 aromatic rings. The lowest BCUT2D eigenvalue weighted by Crippen LogP contribution is -2.24. The zero-order chi connectivity index (χ0) is 16.4. The molecule has 0 atom stereocenters. The number of hydrogen-bond donors (Lipinski definition) is 2. The van der Waals surface area contributed by atoms with Gasteiger partial charge in [0.25, 0.3) is 5.91 Å². The number of nitrogens with zero attached hydrogens (tertiary/aromatic N) is 2. The van der Waals surface area contributed by atoms with Crippen molar-refractivity contribution in [2.75, 3.05) is 6.54 Å². The van der Waals surface area contributed by atoms with Crippen molar-refractivity contribution < 1.29 is 9.90 Å². The lowest BCUT2D eigenvalue weighted by molar-refractivity contribution is 0.0958. The normalized spacial score (nSPS) is 11.1. The largest absolute Gasteiger partial charge is 0.392 e. The second kappa shape index (κ2) is 6.52. The van der Waals surface area contributed by atoms with E-state index in [0.29, 0.717) is 11.4 Å². The van der Waals surface area contributed by atoms with Crippen LogP contribution in [0.4, 0.5) is 0 Å². The number of carbonyl (C=O) groups excluding carboxylic acids is 1. The molecule has 0 fully saturated rings. The minimum Gasteiger partial charge on any atom is -0.392 e. The molecule has 0 saturated carbocycles. The van der Waals surface area contributed by atoms with Crippen LogP contribution in [-0.4, -0.2) is 27.3 Å². The average Bonchev–Trinajstić information content (AvgIpc) is 3.10. The van der Waals surface area contributed by atoms with Crippen molar-refractivity contribution in [2.24, 2.45) is 7.05 Å². The van der Waals surface area contributed by atoms with Gasteiger partial charge in [-0.1, -0.05) is 24.3 Å². The van der Waals surface area contributed by atoms with E-state index >= 15 is 0 Å². The highest BCUT2D eigenvalue weighted by atomic mass is 32.1. The van der Waals surface area contributed by atoms with E-state index in [1.165, 1.54) is 11.3 Å². The summed E-state index contributed by atoms with van der Waals surface area (Å²) in [6.45, 7) is 2.59. The summed E-state index contributed by atoms with van der Waals surface area (Å²) in [4.78, 5) is 14.0. The summed E-state index contributed by atoms with van der Waals surface area (Å²) in [6, 6.07) is 9.67. The minimum absolute atomic E-state index is 0.0439. The fourth-order valence-electron chi connectivity index (χ4n) is 2.54. The lowest BCUT2D eigenvalue weighted by Gasteiger charge is -2.04. The van der Waals surface area contributed by atoms with Gasteiger partial charge in [0.05, 0.1) is 17.2 Å². The summed E-state index contributed by atoms with van der Waals surface area (Å²) in [5.74, 6) is -0.0439. The van der Waals surface area contributed by atoms with Gasteiger partial charge in [-0.3, -0.25) is 9.48 Å². The summed E-state index contributed by atoms with van der Waals surface area (Å²) in [7, 11) is 1.89. The van der Waals surface area contributed by atoms with E-state index in [0.717, 1.165) is 33.5 Å². The Morgan fingerprint density at radius 1 is 1.30 bits per heavy atom. The first kappa shape index (κ1) is 15.7. The van der Waals surface area contributed by atoms with E-state index in [9.17, 15) is 4.79 Å². The van der Waals surface area contributed by atoms with Crippen LogP contribution in [0.2, 0.25) is 0 Å². The van der Waals surface area contributed by atoms with Gasteiger partial charge in [0.1, 0.15) is 4.83 Å². The van der Waals surface area contributed by atoms with E-state index in [-0.39, 0.29) is 12.5 Å². The van der Waals surface area contributed by atoms with Crippen LogP contribution in [0.15, 0.2) is 30.3 Å². The number of hydrogen-bond acceptors (Lipinski definition) is 4. The second-order valence-electron chi connectivity index (χ2n) is 5.52. The highest BCUT2D eigenvalue weighted by Crippen LogP contribution is 2.27. The molecule has 23 heavy (non-hydrogen) atoms. The van der Waals surface area contributed by atoms with Crippen LogP contribution < -0.4 is 5.32 Å². The van der Waals surface area contributed by atoms with Crippen molar-refractivity contribution in [2.45, 2.75) is 20.0 Å². The maximum Gasteiger partial charge on any atom is 0.261 e. The second-order valence-corrected chi connectivity index (χ2v) is 6.55. The van der Waals surface area contributed by atoms with Crippen molar-refractivity contribution in [3.05, 3.63) is 52.0 Å². The maximum absolute atomic E-state index is 12.3. The van der Waals surface area contributed by atoms with E-state index in [2.05, 4.69) is 10.4 Å². The fourth-order valence-corrected chi connectivity index (χ4v) is 3.58. The zero-order valence-electron chi connectivity index (χ0n) is 13.2. The van der Waals surface area contributed by atoms with Crippen molar-refractivity contribution in [1.29, 1.82) is 0 Å². The smallest absolute Gasteiger partial charge is 0.261 e. The molecule has 2 aromatic heterocycles. The van der Waals surface area contributed by atoms with Gasteiger partial charge in [0.2, 0.25) is 0 Å². The molecule has 0 aliphatic carbocycles. The maximum atomic E-state index is 12.3. The molecule has 3 rings (SSSR count). The Morgan fingerprint density at radius 3 is 2.65 bits per heavy atom. The molecular formula is C17H19N3O2S. The van der Waals surface area contributed by atoms with Crippen LogP contribution in [0.1, 0.15) is 26.5 Å². The summed E-state index contributed by atoms with van der Waals surface area (Å²) in [6.07, 6.45) is 0.767. The number of aliphatic hydroxyl groups is 1. The number of rotatable bonds is 5. The Kier molecular flexibility index (Phi) is 4.45. The molecule has 0 aliphatic rings. The first-order valence-corrected chi connectivity index (χ1v) is 8.30. The Morgan fingerprint density at radius 2 is 2.00 bits per heavy atom. The Balaban J connectivity index is 1.60. The molecule has 0 aliphatic heterocycles. The van der Waals surface area contributed by atoms with Gasteiger partial charge in [-0.25, -0.2) is 0 Å². The molecule has 2 N–H and O–H groups in total. The van der Waals surface area contributed by atoms with E-state index < -0.39 is 0 Å². The SMILES string of the molecule is Cc1nn(C)c2sc(C(=O)NCCc3ccc(CO)cc3)cc12. The number of aliphatic hydroxyl groups excluding tert-OH is 1. The molecule has 0 bridgehead atoms. The molecule has 0 radical (unpaired) electrons. The molecule has 1 amide bonds. The van der Waals surface area contributed by atoms with Crippen LogP contribution in [0.3, 0.4) is 0 Å². The molecule has 0 spiro atoms. The van der Waals surface area contributed by atoms with Crippen LogP contribution >= 0.6 is 11.3 Å². The van der Waals surface area contributed by atoms with Gasteiger partial charge in [-0.2, -0.15) is 5.10 Å². The highest BCUT2D eigenvalue weighted by Gasteiger charge is 2.14. The first-order chi connectivity index (χ1) is 11.1. The third-order valence-corrected chi connectivity index (χ3v) is 5.03. The predicted octanol–water partition coefficient (Wildman–Crippen LogP) is 2.41. The van der Waals surface area contributed by atoms with Crippen molar-refractivity contribution in [3.8, 4) is 0 Å². The minimum atomic E-state index is -0.0439. The quantitative estimate of drug-likeness (QED) is 0.755. The monoisotopic (exact) mass is 329 g/mol. The summed E-state index contributed by atoms with van der Waals surface area (Å²) >= 11 is 1.46. The van der Waals surface area contributed by atoms with Gasteiger partial charge < -0.3 is 10.4 Å². The number of aromatic nitrogens is 2. The molecule has 1 aromatic carbocycles. The number of benzene rings is 1. The zero-order valence-corrected chi connectivity index (χ0v) is 14.0. The van der Waals surface area contributed by atoms with Gasteiger partial charge in [-0.15, -0.1) is 11.3 Å². The topological polar surface area (TPSA) is 67.2 Å². The van der Waals surface area contributed by atoms with Gasteiger partial charge in [0, 0.05) is 19.0 Å². The molecule has 120 valence electrons. The molecule has 6 heteroatoms. The fraction of sp³-hybridized carbons (Fsp3) is 0.294. The van der Waals surface area contributed by atoms with Crippen molar-refractivity contribution >= 4 is 27.5 Å². The van der Waals surface area contributed by atoms with Crippen LogP contribution in [0.25, 0.3) is 10.2 Å². The summed E-state index contributed by atoms with van der Waals surface area (Å²) < 4.78 is 1.81. The molecule has 0 unspecified atom stereocenters. The number of aryl methyl sites for hydroxylation is 2. The Hall–Kier alpha value is -2.18. The van der Waals surface area contributed by atoms with Crippen molar-refractivity contribution in [3.63, 3.8) is 0 Å². The number of amides is 1. The predicted molar refractivity (Wildman–Crippen MR) is 91.7 cm³/mol. The molecular weight excluding hydrogens is 310 g/mol. The third-order valence-electron chi connectivity index (χ3n) is 3.82. The number of thiophene rings is 1. The molecule has 2 heterocycles. The van der Waals surface area contributed by atoms with Crippen LogP contribution in [0, 0.1) is 6.92 Å². The van der Waals surface area contributed by atoms with Crippen LogP contribution in [0.5, 0.6) is 0 Å². The molecule has 5 nitrogen and oxygen atoms in total. The van der Waals surface area contributed by atoms with Gasteiger partial charge in [-0.05, 0) is 30.5 Å². The van der Waals surface area contributed by atoms with Gasteiger partial charge >= 0.3 is 0 Å². The molecule has 0 saturated heterocycles. The lowest BCUT2D eigenvalue weighted by atomic mass is 10.1. The standard InChI is InChI=1S/C17H19N3O2S/c1-11-14-9-15(23-17(14)20(2)19-11)16(22)18-8-7-12-3-5-13(10-21)6-4-12/h3-6,9,21H,7-8,10H2,1-2H3,(H,18,22). The average molecular weight is 329 g/mol. The number of nitrogens with one attached hydrogen (secondary N) is 1. The van der Waals surface area contributed by atoms with Crippen molar-refractivity contribution in [1.82, 2.24) is 15.1 Å². The van der Waals surface area contributed by atoms with Gasteiger partial charge in [0.15, 0.2) is 0 Å². The van der Waals surface area contributed by atoms with E-state index in [4.69, 9.17) is 5.11 Å². The Labute approximate surface area is 138 Å². The summed E-state index contributed by atoms with van der Waals surface area (Å²) in [5, 5.41) is 17.4. The highest BCUT2D eigenvalue weighted by molar-refractivity contribution is 7.20. The van der Waals surface area contributed by atoms with Crippen LogP contribution in [-0.2, 0) is 20.1 Å². The number of carbonyl (C=O) groups is 1. The Bertz CT molecular complexity index is 799.